The Bertz CT molecular complexity index is 850. The van der Waals surface area contributed by atoms with Crippen LogP contribution in [0.25, 0.3) is 0 Å². The molecule has 142 valence electrons. The third kappa shape index (κ3) is 6.10. The van der Waals surface area contributed by atoms with Crippen LogP contribution >= 0.6 is 0 Å². The summed E-state index contributed by atoms with van der Waals surface area (Å²) >= 11 is 0. The Hall–Kier alpha value is -3.42. The predicted octanol–water partition coefficient (Wildman–Crippen LogP) is 2.38. The lowest BCUT2D eigenvalue weighted by molar-refractivity contribution is -0.136. The molecule has 0 heterocycles. The lowest BCUT2D eigenvalue weighted by atomic mass is 10.0. The first kappa shape index (κ1) is 19.9. The predicted molar refractivity (Wildman–Crippen MR) is 96.6 cm³/mol. The zero-order chi connectivity index (χ0) is 19.8. The molecule has 0 aliphatic carbocycles. The molecule has 2 aromatic rings. The Kier molecular flexibility index (Phi) is 6.87. The second-order valence-corrected chi connectivity index (χ2v) is 5.57. The van der Waals surface area contributed by atoms with Crippen LogP contribution in [0.3, 0.4) is 0 Å². The van der Waals surface area contributed by atoms with Crippen LogP contribution in [-0.2, 0) is 16.0 Å². The van der Waals surface area contributed by atoms with Crippen molar-refractivity contribution in [3.8, 4) is 11.5 Å². The minimum atomic E-state index is -0.980. The third-order valence-electron chi connectivity index (χ3n) is 3.57. The number of carbonyl (C=O) groups is 2. The number of carbonyl (C=O) groups excluding carboxylic acids is 1. The molecule has 0 aromatic heterocycles. The quantitative estimate of drug-likeness (QED) is 0.546. The van der Waals surface area contributed by atoms with Gasteiger partial charge in [-0.05, 0) is 55.0 Å². The normalized spacial score (nSPS) is 11.0. The van der Waals surface area contributed by atoms with Crippen LogP contribution in [0.2, 0.25) is 0 Å². The average molecular weight is 374 g/mol. The second-order valence-electron chi connectivity index (χ2n) is 5.57. The molecule has 0 bridgehead atoms. The lowest BCUT2D eigenvalue weighted by Crippen LogP contribution is -2.25. The summed E-state index contributed by atoms with van der Waals surface area (Å²) in [5.41, 5.74) is 3.99. The van der Waals surface area contributed by atoms with Crippen LogP contribution in [0.1, 0.15) is 18.1 Å². The first-order valence-electron chi connectivity index (χ1n) is 7.99. The van der Waals surface area contributed by atoms with Crippen molar-refractivity contribution in [3.05, 3.63) is 59.4 Å². The number of ether oxygens (including phenoxy) is 2. The van der Waals surface area contributed by atoms with Gasteiger partial charge in [-0.3, -0.25) is 9.59 Å². The maximum atomic E-state index is 12.8. The maximum absolute atomic E-state index is 12.8. The molecule has 0 saturated heterocycles. The van der Waals surface area contributed by atoms with Gasteiger partial charge in [-0.25, -0.2) is 9.82 Å². The van der Waals surface area contributed by atoms with E-state index in [0.717, 1.165) is 0 Å². The van der Waals surface area contributed by atoms with Crippen molar-refractivity contribution in [2.75, 3.05) is 13.7 Å². The number of carboxylic acids is 1. The Labute approximate surface area is 155 Å². The number of carboxylic acid groups (broad SMARTS) is 1. The fraction of sp³-hybridized carbons (Fsp3) is 0.211. The van der Waals surface area contributed by atoms with E-state index in [0.29, 0.717) is 28.3 Å². The number of hydrogen-bond acceptors (Lipinski definition) is 5. The van der Waals surface area contributed by atoms with E-state index in [4.69, 9.17) is 14.6 Å². The summed E-state index contributed by atoms with van der Waals surface area (Å²) in [6.45, 7) is 1.39. The minimum Gasteiger partial charge on any atom is -0.496 e. The first-order chi connectivity index (χ1) is 12.9. The topological polar surface area (TPSA) is 97.2 Å². The van der Waals surface area contributed by atoms with Gasteiger partial charge in [-0.1, -0.05) is 0 Å². The number of methoxy groups -OCH3 is 1. The van der Waals surface area contributed by atoms with Gasteiger partial charge in [0.1, 0.15) is 17.3 Å². The largest absolute Gasteiger partial charge is 0.496 e. The van der Waals surface area contributed by atoms with Crippen molar-refractivity contribution >= 4 is 17.6 Å². The molecule has 2 N–H and O–H groups in total. The molecule has 0 atom stereocenters. The molecular weight excluding hydrogens is 355 g/mol. The number of nitrogens with one attached hydrogen (secondary N) is 1. The van der Waals surface area contributed by atoms with Crippen LogP contribution in [-0.4, -0.2) is 36.4 Å². The van der Waals surface area contributed by atoms with Gasteiger partial charge in [0.2, 0.25) is 0 Å². The fourth-order valence-electron chi connectivity index (χ4n) is 2.23. The molecule has 2 aromatic carbocycles. The maximum Gasteiger partial charge on any atom is 0.307 e. The SMILES string of the molecule is COc1ccc(/C(C)=N\NC(=O)COc2ccc(F)cc2)cc1CC(=O)O. The molecule has 0 aliphatic rings. The number of aliphatic carboxylic acids is 1. The summed E-state index contributed by atoms with van der Waals surface area (Å²) in [6.07, 6.45) is -0.192. The molecule has 0 unspecified atom stereocenters. The van der Waals surface area contributed by atoms with Crippen LogP contribution in [0.4, 0.5) is 4.39 Å². The summed E-state index contributed by atoms with van der Waals surface area (Å²) in [5.74, 6) is -1.04. The number of benzene rings is 2. The lowest BCUT2D eigenvalue weighted by Gasteiger charge is -2.10. The van der Waals surface area contributed by atoms with Crippen molar-refractivity contribution in [2.24, 2.45) is 5.10 Å². The molecule has 0 radical (unpaired) electrons. The Morgan fingerprint density at radius 1 is 1.19 bits per heavy atom. The third-order valence-corrected chi connectivity index (χ3v) is 3.57. The number of halogens is 1. The van der Waals surface area contributed by atoms with Crippen LogP contribution in [0, 0.1) is 5.82 Å². The number of hydrazone groups is 1. The number of rotatable bonds is 8. The Morgan fingerprint density at radius 2 is 1.89 bits per heavy atom. The zero-order valence-electron chi connectivity index (χ0n) is 14.9. The molecule has 0 aliphatic heterocycles. The van der Waals surface area contributed by atoms with E-state index in [9.17, 15) is 14.0 Å². The Balaban J connectivity index is 1.98. The monoisotopic (exact) mass is 374 g/mol. The van der Waals surface area contributed by atoms with Crippen LogP contribution < -0.4 is 14.9 Å². The van der Waals surface area contributed by atoms with Crippen LogP contribution in [0.5, 0.6) is 11.5 Å². The van der Waals surface area contributed by atoms with Gasteiger partial charge in [-0.2, -0.15) is 5.10 Å². The van der Waals surface area contributed by atoms with E-state index in [-0.39, 0.29) is 13.0 Å². The number of amides is 1. The molecular formula is C19H19FN2O5. The average Bonchev–Trinajstić information content (AvgIpc) is 2.65. The highest BCUT2D eigenvalue weighted by Crippen LogP contribution is 2.21. The first-order valence-corrected chi connectivity index (χ1v) is 7.99. The second kappa shape index (κ2) is 9.33. The summed E-state index contributed by atoms with van der Waals surface area (Å²) in [7, 11) is 1.46. The van der Waals surface area contributed by atoms with Crippen molar-refractivity contribution in [3.63, 3.8) is 0 Å². The highest BCUT2D eigenvalue weighted by atomic mass is 19.1. The highest BCUT2D eigenvalue weighted by Gasteiger charge is 2.10. The smallest absolute Gasteiger partial charge is 0.307 e. The van der Waals surface area contributed by atoms with Gasteiger partial charge in [0, 0.05) is 5.56 Å². The minimum absolute atomic E-state index is 0.192. The van der Waals surface area contributed by atoms with E-state index in [1.165, 1.54) is 31.4 Å². The molecule has 0 fully saturated rings. The fourth-order valence-corrected chi connectivity index (χ4v) is 2.23. The van der Waals surface area contributed by atoms with Gasteiger partial charge >= 0.3 is 5.97 Å². The molecule has 7 nitrogen and oxygen atoms in total. The van der Waals surface area contributed by atoms with Crippen molar-refractivity contribution in [1.29, 1.82) is 0 Å². The van der Waals surface area contributed by atoms with Crippen LogP contribution in [0.15, 0.2) is 47.6 Å². The molecule has 27 heavy (non-hydrogen) atoms. The molecule has 2 rings (SSSR count). The molecule has 8 heteroatoms. The van der Waals surface area contributed by atoms with Gasteiger partial charge in [0.05, 0.1) is 19.2 Å². The Morgan fingerprint density at radius 3 is 2.52 bits per heavy atom. The van der Waals surface area contributed by atoms with Gasteiger partial charge < -0.3 is 14.6 Å². The van der Waals surface area contributed by atoms with Crippen molar-refractivity contribution in [2.45, 2.75) is 13.3 Å². The van der Waals surface area contributed by atoms with Gasteiger partial charge in [0.15, 0.2) is 6.61 Å². The van der Waals surface area contributed by atoms with E-state index in [1.54, 1.807) is 25.1 Å². The highest BCUT2D eigenvalue weighted by molar-refractivity contribution is 5.99. The van der Waals surface area contributed by atoms with Gasteiger partial charge in [-0.15, -0.1) is 0 Å². The van der Waals surface area contributed by atoms with E-state index < -0.39 is 17.7 Å². The number of nitrogens with zero attached hydrogens (tertiary/aromatic N) is 1. The molecule has 1 amide bonds. The number of hydrogen-bond donors (Lipinski definition) is 2. The van der Waals surface area contributed by atoms with E-state index >= 15 is 0 Å². The van der Waals surface area contributed by atoms with Crippen molar-refractivity contribution in [1.82, 2.24) is 5.43 Å². The summed E-state index contributed by atoms with van der Waals surface area (Å²) in [4.78, 5) is 22.8. The molecule has 0 saturated carbocycles. The van der Waals surface area contributed by atoms with E-state index in [2.05, 4.69) is 10.5 Å². The summed E-state index contributed by atoms with van der Waals surface area (Å²) < 4.78 is 23.2. The van der Waals surface area contributed by atoms with Gasteiger partial charge in [0.25, 0.3) is 5.91 Å². The summed E-state index contributed by atoms with van der Waals surface area (Å²) in [5, 5.41) is 13.0. The standard InChI is InChI=1S/C19H19FN2O5/c1-12(13-3-8-17(26-2)14(9-13)10-19(24)25)21-22-18(23)11-27-16-6-4-15(20)5-7-16/h3-9H,10-11H2,1-2H3,(H,22,23)(H,24,25)/b21-12-. The summed E-state index contributed by atoms with van der Waals surface area (Å²) in [6, 6.07) is 10.3. The zero-order valence-corrected chi connectivity index (χ0v) is 14.9. The van der Waals surface area contributed by atoms with E-state index in [1.807, 2.05) is 0 Å². The molecule has 0 spiro atoms. The van der Waals surface area contributed by atoms with Crippen molar-refractivity contribution < 1.29 is 28.6 Å².